The number of aliphatic carboxylic acids is 1. The van der Waals surface area contributed by atoms with Crippen molar-refractivity contribution in [2.45, 2.75) is 25.3 Å². The van der Waals surface area contributed by atoms with E-state index in [4.69, 9.17) is 4.52 Å². The number of nitrogens with zero attached hydrogens (tertiary/aromatic N) is 2. The van der Waals surface area contributed by atoms with Crippen LogP contribution in [0.1, 0.15) is 29.8 Å². The summed E-state index contributed by atoms with van der Waals surface area (Å²) in [4.78, 5) is 26.3. The summed E-state index contributed by atoms with van der Waals surface area (Å²) in [6.07, 6.45) is 2.79. The topological polar surface area (TPSA) is 95.7 Å². The number of carboxylic acid groups (broad SMARTS) is 1. The SMILES string of the molecule is O=C(N[C@H]1CCN(CC2CC2)C[C@@H]1C(=O)O)c1cc(-c2c(F)cc(F)cc2F)on1. The van der Waals surface area contributed by atoms with Gasteiger partial charge in [-0.2, -0.15) is 0 Å². The van der Waals surface area contributed by atoms with Crippen molar-refractivity contribution < 1.29 is 32.4 Å². The number of nitrogens with one attached hydrogen (secondary N) is 1. The predicted octanol–water partition coefficient (Wildman–Crippen LogP) is 2.67. The van der Waals surface area contributed by atoms with Crippen molar-refractivity contribution >= 4 is 11.9 Å². The summed E-state index contributed by atoms with van der Waals surface area (Å²) in [7, 11) is 0. The molecule has 10 heteroatoms. The highest BCUT2D eigenvalue weighted by molar-refractivity contribution is 5.93. The molecule has 1 aliphatic carbocycles. The molecule has 1 aliphatic heterocycles. The smallest absolute Gasteiger partial charge is 0.309 e. The van der Waals surface area contributed by atoms with Crippen molar-refractivity contribution in [2.24, 2.45) is 11.8 Å². The van der Waals surface area contributed by atoms with E-state index in [9.17, 15) is 27.9 Å². The average molecular weight is 423 g/mol. The summed E-state index contributed by atoms with van der Waals surface area (Å²) < 4.78 is 45.8. The minimum atomic E-state index is -1.19. The molecule has 2 atom stereocenters. The van der Waals surface area contributed by atoms with Crippen LogP contribution in [0.15, 0.2) is 22.7 Å². The van der Waals surface area contributed by atoms with Gasteiger partial charge in [0.05, 0.1) is 11.5 Å². The van der Waals surface area contributed by atoms with Crippen LogP contribution >= 0.6 is 0 Å². The molecule has 0 unspecified atom stereocenters. The van der Waals surface area contributed by atoms with Crippen LogP contribution in [0, 0.1) is 29.3 Å². The van der Waals surface area contributed by atoms with E-state index in [0.717, 1.165) is 25.5 Å². The van der Waals surface area contributed by atoms with E-state index in [1.807, 2.05) is 0 Å². The molecule has 2 fully saturated rings. The largest absolute Gasteiger partial charge is 0.481 e. The van der Waals surface area contributed by atoms with Gasteiger partial charge in [0.2, 0.25) is 0 Å². The van der Waals surface area contributed by atoms with Gasteiger partial charge in [-0.25, -0.2) is 13.2 Å². The van der Waals surface area contributed by atoms with E-state index < -0.39 is 46.9 Å². The zero-order valence-corrected chi connectivity index (χ0v) is 15.9. The molecule has 2 N–H and O–H groups in total. The summed E-state index contributed by atoms with van der Waals surface area (Å²) in [5.41, 5.74) is -0.891. The van der Waals surface area contributed by atoms with E-state index in [1.54, 1.807) is 0 Å². The molecule has 2 aliphatic rings. The quantitative estimate of drug-likeness (QED) is 0.742. The number of hydrogen-bond donors (Lipinski definition) is 2. The predicted molar refractivity (Wildman–Crippen MR) is 98.0 cm³/mol. The molecule has 7 nitrogen and oxygen atoms in total. The number of hydrogen-bond acceptors (Lipinski definition) is 5. The van der Waals surface area contributed by atoms with Gasteiger partial charge in [-0.05, 0) is 25.2 Å². The number of halogens is 3. The van der Waals surface area contributed by atoms with Crippen molar-refractivity contribution in [3.63, 3.8) is 0 Å². The van der Waals surface area contributed by atoms with Gasteiger partial charge in [-0.3, -0.25) is 9.59 Å². The van der Waals surface area contributed by atoms with E-state index >= 15 is 0 Å². The molecule has 4 rings (SSSR count). The van der Waals surface area contributed by atoms with Crippen molar-refractivity contribution in [3.05, 3.63) is 41.3 Å². The molecular formula is C20H20F3N3O4. The van der Waals surface area contributed by atoms with Gasteiger partial charge < -0.3 is 19.8 Å². The van der Waals surface area contributed by atoms with Crippen LogP contribution in [-0.4, -0.2) is 52.7 Å². The molecule has 1 amide bonds. The number of benzene rings is 1. The number of piperidine rings is 1. The Kier molecular flexibility index (Phi) is 5.50. The minimum Gasteiger partial charge on any atom is -0.481 e. The standard InChI is InChI=1S/C20H20F3N3O4/c21-11-5-13(22)18(14(23)6-11)17-7-16(25-30-17)19(27)24-15-3-4-26(8-10-1-2-10)9-12(15)20(28)29/h5-7,10,12,15H,1-4,8-9H2,(H,24,27)(H,28,29)/t12-,15-/m0/s1. The van der Waals surface area contributed by atoms with E-state index in [0.29, 0.717) is 37.6 Å². The third kappa shape index (κ3) is 4.33. The zero-order chi connectivity index (χ0) is 21.4. The highest BCUT2D eigenvalue weighted by atomic mass is 19.1. The first-order chi connectivity index (χ1) is 14.3. The van der Waals surface area contributed by atoms with Crippen LogP contribution in [0.25, 0.3) is 11.3 Å². The lowest BCUT2D eigenvalue weighted by molar-refractivity contribution is -0.144. The fourth-order valence-electron chi connectivity index (χ4n) is 3.79. The molecule has 160 valence electrons. The van der Waals surface area contributed by atoms with Crippen molar-refractivity contribution in [3.8, 4) is 11.3 Å². The fourth-order valence-corrected chi connectivity index (χ4v) is 3.79. The second-order valence-corrected chi connectivity index (χ2v) is 7.84. The van der Waals surface area contributed by atoms with Crippen LogP contribution < -0.4 is 5.32 Å². The first-order valence-corrected chi connectivity index (χ1v) is 9.69. The lowest BCUT2D eigenvalue weighted by atomic mass is 9.91. The molecular weight excluding hydrogens is 403 g/mol. The van der Waals surface area contributed by atoms with Gasteiger partial charge in [-0.1, -0.05) is 5.16 Å². The van der Waals surface area contributed by atoms with Gasteiger partial charge in [0.15, 0.2) is 11.5 Å². The first kappa shape index (κ1) is 20.4. The summed E-state index contributed by atoms with van der Waals surface area (Å²) >= 11 is 0. The van der Waals surface area contributed by atoms with Gasteiger partial charge in [0, 0.05) is 43.9 Å². The molecule has 1 saturated carbocycles. The number of carbonyl (C=O) groups is 2. The molecule has 30 heavy (non-hydrogen) atoms. The Morgan fingerprint density at radius 2 is 1.87 bits per heavy atom. The van der Waals surface area contributed by atoms with Gasteiger partial charge in [0.1, 0.15) is 17.5 Å². The number of likely N-dealkylation sites (tertiary alicyclic amines) is 1. The van der Waals surface area contributed by atoms with Crippen LogP contribution in [0.2, 0.25) is 0 Å². The number of carbonyl (C=O) groups excluding carboxylic acids is 1. The fraction of sp³-hybridized carbons (Fsp3) is 0.450. The normalized spacial score (nSPS) is 22.1. The van der Waals surface area contributed by atoms with Gasteiger partial charge in [-0.15, -0.1) is 0 Å². The molecule has 2 heterocycles. The molecule has 0 radical (unpaired) electrons. The Hall–Kier alpha value is -2.88. The number of rotatable bonds is 6. The molecule has 1 aromatic heterocycles. The van der Waals surface area contributed by atoms with Crippen LogP contribution in [0.4, 0.5) is 13.2 Å². The molecule has 2 aromatic rings. The van der Waals surface area contributed by atoms with Gasteiger partial charge in [0.25, 0.3) is 5.91 Å². The monoisotopic (exact) mass is 423 g/mol. The van der Waals surface area contributed by atoms with Gasteiger partial charge >= 0.3 is 5.97 Å². The summed E-state index contributed by atoms with van der Waals surface area (Å²) in [5, 5.41) is 15.7. The second kappa shape index (κ2) is 8.10. The number of amides is 1. The summed E-state index contributed by atoms with van der Waals surface area (Å²) in [6, 6.07) is 1.42. The van der Waals surface area contributed by atoms with Crippen LogP contribution in [-0.2, 0) is 4.79 Å². The molecule has 1 saturated heterocycles. The third-order valence-electron chi connectivity index (χ3n) is 5.54. The lowest BCUT2D eigenvalue weighted by Crippen LogP contribution is -2.53. The van der Waals surface area contributed by atoms with E-state index in [1.165, 1.54) is 0 Å². The molecule has 0 bridgehead atoms. The number of aromatic nitrogens is 1. The Balaban J connectivity index is 1.46. The highest BCUT2D eigenvalue weighted by Crippen LogP contribution is 2.31. The zero-order valence-electron chi connectivity index (χ0n) is 15.9. The average Bonchev–Trinajstić information content (AvgIpc) is 3.35. The third-order valence-corrected chi connectivity index (χ3v) is 5.54. The lowest BCUT2D eigenvalue weighted by Gasteiger charge is -2.36. The Labute approximate surface area is 169 Å². The molecule has 0 spiro atoms. The first-order valence-electron chi connectivity index (χ1n) is 9.69. The summed E-state index contributed by atoms with van der Waals surface area (Å²) in [6.45, 7) is 1.88. The van der Waals surface area contributed by atoms with Crippen LogP contribution in [0.3, 0.4) is 0 Å². The maximum atomic E-state index is 13.9. The van der Waals surface area contributed by atoms with Crippen molar-refractivity contribution in [1.29, 1.82) is 0 Å². The van der Waals surface area contributed by atoms with E-state index in [-0.39, 0.29) is 11.5 Å². The number of carboxylic acids is 1. The minimum absolute atomic E-state index is 0.252. The van der Waals surface area contributed by atoms with Crippen molar-refractivity contribution in [1.82, 2.24) is 15.4 Å². The Bertz CT molecular complexity index is 953. The maximum Gasteiger partial charge on any atom is 0.309 e. The van der Waals surface area contributed by atoms with E-state index in [2.05, 4.69) is 15.4 Å². The molecule has 1 aromatic carbocycles. The Morgan fingerprint density at radius 1 is 1.17 bits per heavy atom. The summed E-state index contributed by atoms with van der Waals surface area (Å²) in [5.74, 6) is -5.69. The second-order valence-electron chi connectivity index (χ2n) is 7.84. The van der Waals surface area contributed by atoms with Crippen LogP contribution in [0.5, 0.6) is 0 Å². The Morgan fingerprint density at radius 3 is 2.50 bits per heavy atom. The van der Waals surface area contributed by atoms with Crippen molar-refractivity contribution in [2.75, 3.05) is 19.6 Å². The maximum absolute atomic E-state index is 13.9. The highest BCUT2D eigenvalue weighted by Gasteiger charge is 2.37.